The Morgan fingerprint density at radius 1 is 0.275 bits per heavy atom. The molecule has 51 heavy (non-hydrogen) atoms. The van der Waals surface area contributed by atoms with Crippen molar-refractivity contribution in [3.8, 4) is 56.0 Å². The van der Waals surface area contributed by atoms with Crippen molar-refractivity contribution in [2.45, 2.75) is 10.8 Å². The molecule has 0 unspecified atom stereocenters. The summed E-state index contributed by atoms with van der Waals surface area (Å²) < 4.78 is 7.09. The van der Waals surface area contributed by atoms with Crippen molar-refractivity contribution in [1.29, 1.82) is 0 Å². The van der Waals surface area contributed by atoms with Gasteiger partial charge in [0.25, 0.3) is 0 Å². The van der Waals surface area contributed by atoms with E-state index in [0.29, 0.717) is 0 Å². The minimum Gasteiger partial charge on any atom is -0.456 e. The van der Waals surface area contributed by atoms with Crippen LogP contribution in [0.15, 0.2) is 182 Å². The van der Waals surface area contributed by atoms with Gasteiger partial charge in [-0.1, -0.05) is 170 Å². The van der Waals surface area contributed by atoms with E-state index >= 15 is 0 Å². The molecule has 0 amide bonds. The van der Waals surface area contributed by atoms with Crippen molar-refractivity contribution >= 4 is 0 Å². The van der Waals surface area contributed by atoms with Gasteiger partial charge in [0.2, 0.25) is 0 Å². The molecule has 2 spiro atoms. The predicted molar refractivity (Wildman–Crippen MR) is 206 cm³/mol. The van der Waals surface area contributed by atoms with Gasteiger partial charge in [0.15, 0.2) is 0 Å². The molecule has 0 fully saturated rings. The zero-order valence-electron chi connectivity index (χ0n) is 27.7. The zero-order chi connectivity index (χ0) is 33.3. The summed E-state index contributed by atoms with van der Waals surface area (Å²) >= 11 is 0. The zero-order valence-corrected chi connectivity index (χ0v) is 27.7. The number of ether oxygens (including phenoxy) is 1. The Labute approximate surface area is 297 Å². The number of benzene rings is 8. The summed E-state index contributed by atoms with van der Waals surface area (Å²) in [6.45, 7) is 0. The number of fused-ring (bicyclic) bond motifs is 19. The van der Waals surface area contributed by atoms with Gasteiger partial charge in [-0.15, -0.1) is 0 Å². The van der Waals surface area contributed by atoms with Crippen molar-refractivity contribution in [3.05, 3.63) is 226 Å². The van der Waals surface area contributed by atoms with Crippen LogP contribution in [0.2, 0.25) is 0 Å². The van der Waals surface area contributed by atoms with E-state index in [1.54, 1.807) is 0 Å². The van der Waals surface area contributed by atoms with E-state index in [9.17, 15) is 0 Å². The minimum atomic E-state index is -0.495. The summed E-state index contributed by atoms with van der Waals surface area (Å²) in [5.74, 6) is 1.84. The Morgan fingerprint density at radius 2 is 0.647 bits per heavy atom. The minimum absolute atomic E-state index is 0.401. The van der Waals surface area contributed by atoms with Crippen molar-refractivity contribution < 1.29 is 4.74 Å². The summed E-state index contributed by atoms with van der Waals surface area (Å²) in [5.41, 5.74) is 19.6. The lowest BCUT2D eigenvalue weighted by Crippen LogP contribution is -2.32. The van der Waals surface area contributed by atoms with Gasteiger partial charge in [0, 0.05) is 16.7 Å². The maximum atomic E-state index is 7.09. The molecular weight excluding hydrogens is 617 g/mol. The van der Waals surface area contributed by atoms with Gasteiger partial charge in [-0.2, -0.15) is 0 Å². The summed E-state index contributed by atoms with van der Waals surface area (Å²) in [4.78, 5) is 0. The first-order valence-electron chi connectivity index (χ1n) is 17.9. The normalized spacial score (nSPS) is 15.1. The second-order valence-electron chi connectivity index (χ2n) is 14.3. The van der Waals surface area contributed by atoms with E-state index in [1.165, 1.54) is 77.9 Å². The molecule has 0 bridgehead atoms. The molecule has 0 saturated heterocycles. The van der Waals surface area contributed by atoms with Crippen molar-refractivity contribution in [3.63, 3.8) is 0 Å². The molecule has 0 saturated carbocycles. The van der Waals surface area contributed by atoms with Crippen molar-refractivity contribution in [1.82, 2.24) is 0 Å². The smallest absolute Gasteiger partial charge is 0.140 e. The van der Waals surface area contributed by atoms with Gasteiger partial charge in [0.1, 0.15) is 11.5 Å². The van der Waals surface area contributed by atoms with Crippen LogP contribution in [-0.2, 0) is 10.8 Å². The first-order valence-corrected chi connectivity index (χ1v) is 17.9. The maximum absolute atomic E-state index is 7.09. The summed E-state index contributed by atoms with van der Waals surface area (Å²) in [6.07, 6.45) is 0. The molecule has 1 heteroatoms. The molecule has 3 aliphatic carbocycles. The molecule has 1 nitrogen and oxygen atoms in total. The van der Waals surface area contributed by atoms with Crippen LogP contribution in [0.3, 0.4) is 0 Å². The third kappa shape index (κ3) is 3.15. The van der Waals surface area contributed by atoms with E-state index in [-0.39, 0.29) is 0 Å². The Hall–Kier alpha value is -6.44. The first-order chi connectivity index (χ1) is 25.3. The van der Waals surface area contributed by atoms with E-state index in [0.717, 1.165) is 22.6 Å². The fourth-order valence-electron chi connectivity index (χ4n) is 10.4. The van der Waals surface area contributed by atoms with Gasteiger partial charge in [-0.3, -0.25) is 0 Å². The van der Waals surface area contributed by atoms with E-state index < -0.39 is 10.8 Å². The Morgan fingerprint density at radius 3 is 1.16 bits per heavy atom. The van der Waals surface area contributed by atoms with Crippen LogP contribution < -0.4 is 4.74 Å². The van der Waals surface area contributed by atoms with Crippen LogP contribution in [-0.4, -0.2) is 0 Å². The fraction of sp³-hybridized carbons (Fsp3) is 0.0400. The molecule has 0 atom stereocenters. The Bertz CT molecular complexity index is 2690. The van der Waals surface area contributed by atoms with Crippen LogP contribution >= 0.6 is 0 Å². The standard InChI is InChI=1S/C50H30O/c1-6-20-39-33(14-1)34-15-2-7-21-40(34)49(39)41-22-8-5-18-37(41)38-29-28-31(30-46(38)49)32-19-13-26-45-48(32)51-47-27-12-11-25-44(47)50(45)42-23-9-3-16-35(42)36-17-4-10-24-43(36)50/h1-30H. The molecule has 0 radical (unpaired) electrons. The maximum Gasteiger partial charge on any atom is 0.140 e. The average Bonchev–Trinajstić information content (AvgIpc) is 3.78. The van der Waals surface area contributed by atoms with E-state index in [2.05, 4.69) is 182 Å². The third-order valence-corrected chi connectivity index (χ3v) is 12.2. The van der Waals surface area contributed by atoms with E-state index in [1.807, 2.05) is 0 Å². The monoisotopic (exact) mass is 646 g/mol. The van der Waals surface area contributed by atoms with Crippen LogP contribution in [0.4, 0.5) is 0 Å². The molecule has 1 aliphatic heterocycles. The van der Waals surface area contributed by atoms with Crippen LogP contribution in [0, 0.1) is 0 Å². The van der Waals surface area contributed by atoms with Gasteiger partial charge in [-0.25, -0.2) is 0 Å². The fourth-order valence-corrected chi connectivity index (χ4v) is 10.4. The number of rotatable bonds is 1. The van der Waals surface area contributed by atoms with Crippen molar-refractivity contribution in [2.24, 2.45) is 0 Å². The largest absolute Gasteiger partial charge is 0.456 e. The summed E-state index contributed by atoms with van der Waals surface area (Å²) in [6, 6.07) is 67.5. The molecule has 236 valence electrons. The van der Waals surface area contributed by atoms with Crippen LogP contribution in [0.1, 0.15) is 44.5 Å². The lowest BCUT2D eigenvalue weighted by atomic mass is 9.65. The molecule has 12 rings (SSSR count). The number of para-hydroxylation sites is 2. The highest BCUT2D eigenvalue weighted by Gasteiger charge is 2.53. The Kier molecular flexibility index (Phi) is 5.17. The molecule has 8 aromatic carbocycles. The van der Waals surface area contributed by atoms with Crippen molar-refractivity contribution in [2.75, 3.05) is 0 Å². The molecular formula is C50H30O. The van der Waals surface area contributed by atoms with Crippen LogP contribution in [0.5, 0.6) is 11.5 Å². The Balaban J connectivity index is 1.15. The first kappa shape index (κ1) is 27.4. The lowest BCUT2D eigenvalue weighted by molar-refractivity contribution is 0.438. The highest BCUT2D eigenvalue weighted by atomic mass is 16.5. The molecule has 8 aromatic rings. The third-order valence-electron chi connectivity index (χ3n) is 12.2. The molecule has 1 heterocycles. The molecule has 0 aromatic heterocycles. The quantitative estimate of drug-likeness (QED) is 0.172. The second-order valence-corrected chi connectivity index (χ2v) is 14.3. The number of hydrogen-bond acceptors (Lipinski definition) is 1. The van der Waals surface area contributed by atoms with Gasteiger partial charge < -0.3 is 4.74 Å². The van der Waals surface area contributed by atoms with Gasteiger partial charge in [-0.05, 0) is 84.5 Å². The topological polar surface area (TPSA) is 9.23 Å². The molecule has 0 N–H and O–H groups in total. The second kappa shape index (κ2) is 9.62. The molecule has 4 aliphatic rings. The summed E-state index contributed by atoms with van der Waals surface area (Å²) in [5, 5.41) is 0. The van der Waals surface area contributed by atoms with E-state index in [4.69, 9.17) is 4.74 Å². The van der Waals surface area contributed by atoms with Gasteiger partial charge in [0.05, 0.1) is 10.8 Å². The number of hydrogen-bond donors (Lipinski definition) is 0. The predicted octanol–water partition coefficient (Wildman–Crippen LogP) is 12.2. The summed E-state index contributed by atoms with van der Waals surface area (Å²) in [7, 11) is 0. The van der Waals surface area contributed by atoms with Crippen LogP contribution in [0.25, 0.3) is 44.5 Å². The average molecular weight is 647 g/mol. The lowest BCUT2D eigenvalue weighted by Gasteiger charge is -2.40. The van der Waals surface area contributed by atoms with Gasteiger partial charge >= 0.3 is 0 Å². The highest BCUT2D eigenvalue weighted by Crippen LogP contribution is 2.65. The SMILES string of the molecule is c1ccc2c(c1)Oc1c(-c3ccc4c(c3)C3(c5ccccc5-c5ccccc53)c3ccccc3-4)cccc1C21c2ccccc2-c2ccccc21. The highest BCUT2D eigenvalue weighted by molar-refractivity contribution is 5.97.